The minimum atomic E-state index is -0.935. The van der Waals surface area contributed by atoms with Crippen molar-refractivity contribution >= 4 is 33.2 Å². The number of anilines is 1. The van der Waals surface area contributed by atoms with E-state index in [1.54, 1.807) is 6.20 Å². The highest BCUT2D eigenvalue weighted by Crippen LogP contribution is 2.33. The highest BCUT2D eigenvalue weighted by molar-refractivity contribution is 9.10. The summed E-state index contributed by atoms with van der Waals surface area (Å²) in [6.07, 6.45) is 10.2. The van der Waals surface area contributed by atoms with E-state index >= 15 is 0 Å². The summed E-state index contributed by atoms with van der Waals surface area (Å²) in [5.41, 5.74) is 3.21. The largest absolute Gasteiger partial charge is 0.368 e. The molecule has 1 unspecified atom stereocenters. The molecule has 0 amide bonds. The Balaban J connectivity index is 1.17. The van der Waals surface area contributed by atoms with E-state index in [4.69, 9.17) is 11.6 Å². The number of rotatable bonds is 6. The maximum Gasteiger partial charge on any atom is 0.137 e. The minimum absolute atomic E-state index is 0.327. The number of piperidine rings is 1. The molecule has 0 radical (unpaired) electrons. The number of hydrogen-bond acceptors (Lipinski definition) is 4. The van der Waals surface area contributed by atoms with Gasteiger partial charge >= 0.3 is 0 Å². The van der Waals surface area contributed by atoms with Crippen molar-refractivity contribution in [2.24, 2.45) is 0 Å². The van der Waals surface area contributed by atoms with E-state index in [1.165, 1.54) is 5.69 Å². The number of likely N-dealkylation sites (tertiary alicyclic amines) is 1. The Bertz CT molecular complexity index is 1060. The number of aromatic nitrogens is 2. The van der Waals surface area contributed by atoms with Gasteiger partial charge in [-0.3, -0.25) is 9.80 Å². The van der Waals surface area contributed by atoms with Crippen LogP contribution in [0.25, 0.3) is 11.4 Å². The predicted octanol–water partition coefficient (Wildman–Crippen LogP) is 6.00. The van der Waals surface area contributed by atoms with Gasteiger partial charge in [0.05, 0.1) is 5.69 Å². The molecule has 2 saturated heterocycles. The van der Waals surface area contributed by atoms with Gasteiger partial charge in [-0.25, -0.2) is 9.37 Å². The number of allylic oxidation sites excluding steroid dienone is 3. The van der Waals surface area contributed by atoms with Crippen LogP contribution in [0, 0.1) is 0 Å². The number of piperazine rings is 1. The average Bonchev–Trinajstić information content (AvgIpc) is 3.41. The fraction of sp³-hybridized carbons (Fsp3) is 0.519. The molecular weight excluding hydrogens is 529 g/mol. The van der Waals surface area contributed by atoms with Gasteiger partial charge in [0.25, 0.3) is 0 Å². The Morgan fingerprint density at radius 1 is 1.17 bits per heavy atom. The van der Waals surface area contributed by atoms with Crippen LogP contribution in [0.2, 0.25) is 0 Å². The minimum Gasteiger partial charge on any atom is -0.368 e. The normalized spacial score (nSPS) is 25.0. The predicted molar refractivity (Wildman–Crippen MR) is 146 cm³/mol. The Hall–Kier alpha value is -1.67. The van der Waals surface area contributed by atoms with E-state index in [9.17, 15) is 4.39 Å². The molecule has 35 heavy (non-hydrogen) atoms. The van der Waals surface area contributed by atoms with E-state index in [-0.39, 0.29) is 0 Å². The van der Waals surface area contributed by atoms with Crippen molar-refractivity contribution in [2.75, 3.05) is 44.2 Å². The van der Waals surface area contributed by atoms with Crippen LogP contribution in [0.5, 0.6) is 0 Å². The quantitative estimate of drug-likeness (QED) is 0.469. The first kappa shape index (κ1) is 25.0. The first-order valence-electron chi connectivity index (χ1n) is 12.7. The van der Waals surface area contributed by atoms with E-state index in [0.717, 1.165) is 80.0 Å². The Kier molecular flexibility index (Phi) is 7.97. The Labute approximate surface area is 221 Å². The van der Waals surface area contributed by atoms with Crippen molar-refractivity contribution in [1.29, 1.82) is 0 Å². The SMILES string of the molecule is CC[C@H]1CN(c2ccc(-c3ncc[nH]3)cc2Br)CCN1C1CCN(CC2=CC=C(Cl)CC2F)CC1. The van der Waals surface area contributed by atoms with Crippen molar-refractivity contribution in [2.45, 2.75) is 50.9 Å². The molecule has 8 heteroatoms. The summed E-state index contributed by atoms with van der Waals surface area (Å²) < 4.78 is 15.5. The molecule has 3 aliphatic rings. The molecule has 3 heterocycles. The first-order valence-corrected chi connectivity index (χ1v) is 13.9. The maximum atomic E-state index is 14.4. The summed E-state index contributed by atoms with van der Waals surface area (Å²) in [4.78, 5) is 15.2. The molecule has 1 N–H and O–H groups in total. The molecule has 1 aliphatic carbocycles. The van der Waals surface area contributed by atoms with Crippen LogP contribution in [-0.2, 0) is 0 Å². The second-order valence-electron chi connectivity index (χ2n) is 9.88. The fourth-order valence-corrected chi connectivity index (χ4v) is 6.59. The zero-order valence-electron chi connectivity index (χ0n) is 20.3. The molecule has 2 fully saturated rings. The van der Waals surface area contributed by atoms with Crippen molar-refractivity contribution in [1.82, 2.24) is 19.8 Å². The van der Waals surface area contributed by atoms with Crippen LogP contribution in [0.4, 0.5) is 10.1 Å². The number of halogens is 3. The molecule has 0 spiro atoms. The van der Waals surface area contributed by atoms with E-state index in [2.05, 4.69) is 65.7 Å². The van der Waals surface area contributed by atoms with Crippen LogP contribution in [0.15, 0.2) is 57.8 Å². The number of alkyl halides is 1. The van der Waals surface area contributed by atoms with E-state index in [1.807, 2.05) is 18.3 Å². The topological polar surface area (TPSA) is 38.4 Å². The van der Waals surface area contributed by atoms with Crippen LogP contribution in [-0.4, -0.2) is 77.3 Å². The number of benzene rings is 1. The maximum absolute atomic E-state index is 14.4. The fourth-order valence-electron chi connectivity index (χ4n) is 5.76. The van der Waals surface area contributed by atoms with Crippen LogP contribution in [0.3, 0.4) is 0 Å². The summed E-state index contributed by atoms with van der Waals surface area (Å²) in [5.74, 6) is 0.891. The van der Waals surface area contributed by atoms with Gasteiger partial charge in [-0.1, -0.05) is 24.6 Å². The Morgan fingerprint density at radius 2 is 2.00 bits per heavy atom. The third kappa shape index (κ3) is 5.68. The van der Waals surface area contributed by atoms with Gasteiger partial charge in [0.15, 0.2) is 0 Å². The molecule has 2 atom stereocenters. The average molecular weight is 563 g/mol. The summed E-state index contributed by atoms with van der Waals surface area (Å²) in [7, 11) is 0. The van der Waals surface area contributed by atoms with Gasteiger partial charge in [0.1, 0.15) is 12.0 Å². The smallest absolute Gasteiger partial charge is 0.137 e. The van der Waals surface area contributed by atoms with Gasteiger partial charge in [0.2, 0.25) is 0 Å². The van der Waals surface area contributed by atoms with Crippen LogP contribution < -0.4 is 4.90 Å². The second-order valence-corrected chi connectivity index (χ2v) is 11.2. The number of aromatic amines is 1. The summed E-state index contributed by atoms with van der Waals surface area (Å²) >= 11 is 9.80. The van der Waals surface area contributed by atoms with Gasteiger partial charge in [-0.05, 0) is 78.1 Å². The highest BCUT2D eigenvalue weighted by Gasteiger charge is 2.34. The summed E-state index contributed by atoms with van der Waals surface area (Å²) in [6.45, 7) is 8.24. The molecule has 1 aromatic carbocycles. The zero-order valence-corrected chi connectivity index (χ0v) is 22.6. The monoisotopic (exact) mass is 561 g/mol. The summed E-state index contributed by atoms with van der Waals surface area (Å²) in [6, 6.07) is 7.67. The molecule has 2 aromatic rings. The lowest BCUT2D eigenvalue weighted by atomic mass is 9.96. The van der Waals surface area contributed by atoms with Gasteiger partial charge in [0, 0.05) is 72.1 Å². The molecule has 0 bridgehead atoms. The molecule has 1 aromatic heterocycles. The van der Waals surface area contributed by atoms with Gasteiger partial charge < -0.3 is 9.88 Å². The molecule has 0 saturated carbocycles. The molecule has 5 nitrogen and oxygen atoms in total. The third-order valence-corrected chi connectivity index (χ3v) is 8.66. The summed E-state index contributed by atoms with van der Waals surface area (Å²) in [5, 5.41) is 0.616. The molecule has 5 rings (SSSR count). The van der Waals surface area contributed by atoms with Crippen LogP contribution >= 0.6 is 27.5 Å². The number of imidazole rings is 1. The van der Waals surface area contributed by atoms with Crippen molar-refractivity contribution < 1.29 is 4.39 Å². The van der Waals surface area contributed by atoms with Crippen molar-refractivity contribution in [3.63, 3.8) is 0 Å². The van der Waals surface area contributed by atoms with Gasteiger partial charge in [-0.15, -0.1) is 0 Å². The van der Waals surface area contributed by atoms with Crippen LogP contribution in [0.1, 0.15) is 32.6 Å². The first-order chi connectivity index (χ1) is 17.0. The lowest BCUT2D eigenvalue weighted by Gasteiger charge is -2.48. The van der Waals surface area contributed by atoms with Crippen molar-refractivity contribution in [3.8, 4) is 11.4 Å². The molecular formula is C27H34BrClFN5. The number of nitrogens with zero attached hydrogens (tertiary/aromatic N) is 4. The Morgan fingerprint density at radius 3 is 2.69 bits per heavy atom. The lowest BCUT2D eigenvalue weighted by Crippen LogP contribution is -2.58. The molecule has 2 aliphatic heterocycles. The lowest BCUT2D eigenvalue weighted by molar-refractivity contribution is 0.0650. The van der Waals surface area contributed by atoms with E-state index in [0.29, 0.717) is 23.5 Å². The number of hydrogen-bond donors (Lipinski definition) is 1. The zero-order chi connectivity index (χ0) is 24.4. The third-order valence-electron chi connectivity index (χ3n) is 7.75. The second kappa shape index (κ2) is 11.2. The number of H-pyrrole nitrogens is 1. The van der Waals surface area contributed by atoms with E-state index < -0.39 is 6.17 Å². The number of nitrogens with one attached hydrogen (secondary N) is 1. The van der Waals surface area contributed by atoms with Gasteiger partial charge in [-0.2, -0.15) is 0 Å². The van der Waals surface area contributed by atoms with Crippen molar-refractivity contribution in [3.05, 3.63) is 57.8 Å². The molecule has 188 valence electrons. The highest BCUT2D eigenvalue weighted by atomic mass is 79.9. The standard InChI is InChI=1S/C27H34BrClFN5/c1-2-22-18-34(26-6-4-19(15-24(26)28)27-31-9-10-32-27)13-14-35(22)23-7-11-33(12-8-23)17-20-3-5-21(29)16-25(20)30/h3-6,9-10,15,22-23,25H,2,7-8,11-14,16-18H2,1H3,(H,31,32)/t22-,25?/m0/s1.